The molecular formula is C23H26N4S. The van der Waals surface area contributed by atoms with Crippen LogP contribution in [0.3, 0.4) is 0 Å². The highest BCUT2D eigenvalue weighted by Gasteiger charge is 2.11. The SMILES string of the molecule is C(=NNc1nc(-c2ccccc2)cs1)c1ccccc1CN1CCCCCC1. The van der Waals surface area contributed by atoms with E-state index in [4.69, 9.17) is 0 Å². The van der Waals surface area contributed by atoms with E-state index in [1.165, 1.54) is 49.9 Å². The van der Waals surface area contributed by atoms with E-state index >= 15 is 0 Å². The van der Waals surface area contributed by atoms with Gasteiger partial charge in [-0.15, -0.1) is 11.3 Å². The summed E-state index contributed by atoms with van der Waals surface area (Å²) >= 11 is 1.57. The molecule has 28 heavy (non-hydrogen) atoms. The largest absolute Gasteiger partial charge is 0.299 e. The van der Waals surface area contributed by atoms with Crippen LogP contribution in [-0.4, -0.2) is 29.2 Å². The van der Waals surface area contributed by atoms with Gasteiger partial charge in [0.2, 0.25) is 5.13 Å². The molecule has 0 atom stereocenters. The third-order valence-electron chi connectivity index (χ3n) is 5.09. The summed E-state index contributed by atoms with van der Waals surface area (Å²) in [4.78, 5) is 7.19. The first-order valence-corrected chi connectivity index (χ1v) is 10.9. The second-order valence-electron chi connectivity index (χ2n) is 7.16. The van der Waals surface area contributed by atoms with Gasteiger partial charge in [-0.1, -0.05) is 67.4 Å². The van der Waals surface area contributed by atoms with Gasteiger partial charge >= 0.3 is 0 Å². The maximum atomic E-state index is 4.62. The highest BCUT2D eigenvalue weighted by Crippen LogP contribution is 2.24. The van der Waals surface area contributed by atoms with E-state index in [0.717, 1.165) is 22.9 Å². The molecule has 1 aromatic heterocycles. The normalized spacial score (nSPS) is 15.6. The van der Waals surface area contributed by atoms with Crippen molar-refractivity contribution in [1.29, 1.82) is 0 Å². The molecule has 144 valence electrons. The Morgan fingerprint density at radius 3 is 2.54 bits per heavy atom. The number of hydrazone groups is 1. The van der Waals surface area contributed by atoms with Gasteiger partial charge in [0, 0.05) is 17.5 Å². The van der Waals surface area contributed by atoms with E-state index in [1.54, 1.807) is 11.3 Å². The van der Waals surface area contributed by atoms with Crippen molar-refractivity contribution in [3.05, 3.63) is 71.1 Å². The van der Waals surface area contributed by atoms with Crippen molar-refractivity contribution < 1.29 is 0 Å². The van der Waals surface area contributed by atoms with Crippen molar-refractivity contribution in [1.82, 2.24) is 9.88 Å². The van der Waals surface area contributed by atoms with Gasteiger partial charge in [-0.05, 0) is 37.1 Å². The standard InChI is InChI=1S/C23H26N4S/c1-2-9-15-27(14-8-1)17-21-13-7-6-12-20(21)16-24-26-23-25-22(18-28-23)19-10-4-3-5-11-19/h3-7,10-13,16,18H,1-2,8-9,14-15,17H2,(H,25,26). The average molecular weight is 391 g/mol. The molecule has 0 saturated carbocycles. The third-order valence-corrected chi connectivity index (χ3v) is 5.83. The van der Waals surface area contributed by atoms with Gasteiger partial charge < -0.3 is 0 Å². The Hall–Kier alpha value is -2.50. The number of nitrogens with zero attached hydrogens (tertiary/aromatic N) is 3. The van der Waals surface area contributed by atoms with Crippen molar-refractivity contribution in [3.8, 4) is 11.3 Å². The fraction of sp³-hybridized carbons (Fsp3) is 0.304. The lowest BCUT2D eigenvalue weighted by molar-refractivity contribution is 0.277. The summed E-state index contributed by atoms with van der Waals surface area (Å²) in [7, 11) is 0. The van der Waals surface area contributed by atoms with Crippen LogP contribution in [0.15, 0.2) is 65.1 Å². The van der Waals surface area contributed by atoms with Gasteiger partial charge in [0.05, 0.1) is 11.9 Å². The van der Waals surface area contributed by atoms with Crippen LogP contribution in [0.2, 0.25) is 0 Å². The molecule has 1 aliphatic heterocycles. The number of hydrogen-bond donors (Lipinski definition) is 1. The monoisotopic (exact) mass is 390 g/mol. The Morgan fingerprint density at radius 2 is 1.71 bits per heavy atom. The Bertz CT molecular complexity index is 896. The molecule has 0 spiro atoms. The number of thiazole rings is 1. The van der Waals surface area contributed by atoms with Crippen molar-refractivity contribution in [2.75, 3.05) is 18.5 Å². The highest BCUT2D eigenvalue weighted by atomic mass is 32.1. The Kier molecular flexibility index (Phi) is 6.48. The van der Waals surface area contributed by atoms with Crippen LogP contribution in [0.5, 0.6) is 0 Å². The Morgan fingerprint density at radius 1 is 0.964 bits per heavy atom. The van der Waals surface area contributed by atoms with Crippen molar-refractivity contribution in [2.45, 2.75) is 32.2 Å². The van der Waals surface area contributed by atoms with Gasteiger partial charge in [-0.25, -0.2) is 4.98 Å². The molecule has 0 aliphatic carbocycles. The van der Waals surface area contributed by atoms with Crippen molar-refractivity contribution in [3.63, 3.8) is 0 Å². The first kappa shape index (κ1) is 18.8. The highest BCUT2D eigenvalue weighted by molar-refractivity contribution is 7.14. The van der Waals surface area contributed by atoms with E-state index in [1.807, 2.05) is 24.4 Å². The molecule has 1 saturated heterocycles. The van der Waals surface area contributed by atoms with Crippen LogP contribution in [0.1, 0.15) is 36.8 Å². The van der Waals surface area contributed by atoms with E-state index in [0.29, 0.717) is 0 Å². The second kappa shape index (κ2) is 9.62. The molecule has 0 radical (unpaired) electrons. The molecule has 1 N–H and O–H groups in total. The number of nitrogens with one attached hydrogen (secondary N) is 1. The van der Waals surface area contributed by atoms with E-state index in [9.17, 15) is 0 Å². The molecule has 2 heterocycles. The summed E-state index contributed by atoms with van der Waals surface area (Å²) in [5.74, 6) is 0. The summed E-state index contributed by atoms with van der Waals surface area (Å²) in [6.07, 6.45) is 7.26. The van der Waals surface area contributed by atoms with Gasteiger partial charge in [-0.2, -0.15) is 5.10 Å². The van der Waals surface area contributed by atoms with Crippen molar-refractivity contribution >= 4 is 22.7 Å². The van der Waals surface area contributed by atoms with Gasteiger partial charge in [0.25, 0.3) is 0 Å². The van der Waals surface area contributed by atoms with Crippen LogP contribution in [0.4, 0.5) is 5.13 Å². The lowest BCUT2D eigenvalue weighted by Crippen LogP contribution is -2.24. The van der Waals surface area contributed by atoms with Crippen LogP contribution in [-0.2, 0) is 6.54 Å². The fourth-order valence-electron chi connectivity index (χ4n) is 3.56. The maximum absolute atomic E-state index is 4.62. The Balaban J connectivity index is 1.40. The smallest absolute Gasteiger partial charge is 0.203 e. The first-order chi connectivity index (χ1) is 13.9. The topological polar surface area (TPSA) is 40.5 Å². The predicted octanol–water partition coefficient (Wildman–Crippen LogP) is 5.63. The molecule has 4 rings (SSSR count). The number of hydrogen-bond acceptors (Lipinski definition) is 5. The lowest BCUT2D eigenvalue weighted by atomic mass is 10.1. The number of likely N-dealkylation sites (tertiary alicyclic amines) is 1. The first-order valence-electron chi connectivity index (χ1n) is 9.99. The molecule has 0 amide bonds. The maximum Gasteiger partial charge on any atom is 0.203 e. The number of benzene rings is 2. The molecule has 3 aromatic rings. The predicted molar refractivity (Wildman–Crippen MR) is 119 cm³/mol. The third kappa shape index (κ3) is 5.06. The average Bonchev–Trinajstić information content (AvgIpc) is 3.06. The molecule has 1 fully saturated rings. The summed E-state index contributed by atoms with van der Waals surface area (Å²) in [6, 6.07) is 18.8. The van der Waals surface area contributed by atoms with Crippen molar-refractivity contribution in [2.24, 2.45) is 5.10 Å². The molecular weight excluding hydrogens is 364 g/mol. The molecule has 0 bridgehead atoms. The Labute approximate surface area is 170 Å². The zero-order valence-electron chi connectivity index (χ0n) is 16.1. The molecule has 4 nitrogen and oxygen atoms in total. The lowest BCUT2D eigenvalue weighted by Gasteiger charge is -2.20. The van der Waals surface area contributed by atoms with E-state index < -0.39 is 0 Å². The summed E-state index contributed by atoms with van der Waals surface area (Å²) in [6.45, 7) is 3.40. The van der Waals surface area contributed by atoms with Gasteiger partial charge in [0.1, 0.15) is 0 Å². The molecule has 5 heteroatoms. The minimum absolute atomic E-state index is 0.806. The van der Waals surface area contributed by atoms with Gasteiger partial charge in [0.15, 0.2) is 0 Å². The fourth-order valence-corrected chi connectivity index (χ4v) is 4.23. The molecule has 1 aliphatic rings. The summed E-state index contributed by atoms with van der Waals surface area (Å²) < 4.78 is 0. The van der Waals surface area contributed by atoms with Crippen LogP contribution >= 0.6 is 11.3 Å². The van der Waals surface area contributed by atoms with E-state index in [2.05, 4.69) is 62.2 Å². The number of anilines is 1. The van der Waals surface area contributed by atoms with Crippen LogP contribution in [0.25, 0.3) is 11.3 Å². The summed E-state index contributed by atoms with van der Waals surface area (Å²) in [5, 5.41) is 7.31. The van der Waals surface area contributed by atoms with Gasteiger partial charge in [-0.3, -0.25) is 10.3 Å². The minimum atomic E-state index is 0.806. The number of rotatable bonds is 6. The molecule has 0 unspecified atom stereocenters. The van der Waals surface area contributed by atoms with Crippen LogP contribution in [0, 0.1) is 0 Å². The second-order valence-corrected chi connectivity index (χ2v) is 8.02. The zero-order valence-corrected chi connectivity index (χ0v) is 16.9. The van der Waals surface area contributed by atoms with Crippen LogP contribution < -0.4 is 5.43 Å². The van der Waals surface area contributed by atoms with E-state index in [-0.39, 0.29) is 0 Å². The zero-order chi connectivity index (χ0) is 19.0. The molecule has 2 aromatic carbocycles. The summed E-state index contributed by atoms with van der Waals surface area (Å²) in [5.41, 5.74) is 7.69. The quantitative estimate of drug-likeness (QED) is 0.438. The minimum Gasteiger partial charge on any atom is -0.299 e. The number of aromatic nitrogens is 1.